The standard InChI is InChI=1S/C14H17F/c1-2-11-3-5-12(6-4-11)13-7-9-14(15)10-8-13/h3,5,7,9H,2,4,6,8,10H2,1H3. The van der Waals surface area contributed by atoms with Gasteiger partial charge in [0.25, 0.3) is 0 Å². The van der Waals surface area contributed by atoms with Crippen molar-refractivity contribution in [1.29, 1.82) is 0 Å². The third kappa shape index (κ3) is 2.47. The fourth-order valence-corrected chi connectivity index (χ4v) is 2.12. The van der Waals surface area contributed by atoms with Crippen LogP contribution in [-0.4, -0.2) is 0 Å². The van der Waals surface area contributed by atoms with E-state index < -0.39 is 0 Å². The quantitative estimate of drug-likeness (QED) is 0.615. The molecule has 2 aliphatic carbocycles. The monoisotopic (exact) mass is 204 g/mol. The highest BCUT2D eigenvalue weighted by Gasteiger charge is 2.12. The summed E-state index contributed by atoms with van der Waals surface area (Å²) in [7, 11) is 0. The van der Waals surface area contributed by atoms with Crippen molar-refractivity contribution in [2.24, 2.45) is 0 Å². The Kier molecular flexibility index (Phi) is 3.20. The van der Waals surface area contributed by atoms with Crippen molar-refractivity contribution in [2.75, 3.05) is 0 Å². The number of allylic oxidation sites excluding steroid dienone is 8. The van der Waals surface area contributed by atoms with E-state index in [0.29, 0.717) is 6.42 Å². The van der Waals surface area contributed by atoms with Gasteiger partial charge in [0.15, 0.2) is 0 Å². The summed E-state index contributed by atoms with van der Waals surface area (Å²) in [5.74, 6) is 0.0138. The van der Waals surface area contributed by atoms with E-state index in [2.05, 4.69) is 19.1 Å². The molecule has 0 heterocycles. The molecule has 2 rings (SSSR count). The molecule has 0 aliphatic heterocycles. The molecule has 0 saturated carbocycles. The van der Waals surface area contributed by atoms with E-state index >= 15 is 0 Å². The molecule has 1 heteroatoms. The van der Waals surface area contributed by atoms with E-state index in [1.54, 1.807) is 6.08 Å². The van der Waals surface area contributed by atoms with E-state index in [-0.39, 0.29) is 5.83 Å². The van der Waals surface area contributed by atoms with Crippen molar-refractivity contribution in [3.8, 4) is 0 Å². The summed E-state index contributed by atoms with van der Waals surface area (Å²) in [6, 6.07) is 0. The molecule has 80 valence electrons. The molecule has 15 heavy (non-hydrogen) atoms. The second-order valence-electron chi connectivity index (χ2n) is 4.18. The summed E-state index contributed by atoms with van der Waals surface area (Å²) in [6.07, 6.45) is 12.9. The Morgan fingerprint density at radius 2 is 1.60 bits per heavy atom. The zero-order valence-electron chi connectivity index (χ0n) is 9.22. The van der Waals surface area contributed by atoms with Crippen LogP contribution in [0.3, 0.4) is 0 Å². The fourth-order valence-electron chi connectivity index (χ4n) is 2.12. The Labute approximate surface area is 90.9 Å². The minimum absolute atomic E-state index is 0.0138. The molecular weight excluding hydrogens is 187 g/mol. The van der Waals surface area contributed by atoms with Gasteiger partial charge >= 0.3 is 0 Å². The smallest absolute Gasteiger partial charge is 0.100 e. The number of hydrogen-bond acceptors (Lipinski definition) is 0. The van der Waals surface area contributed by atoms with Crippen LogP contribution >= 0.6 is 0 Å². The zero-order valence-corrected chi connectivity index (χ0v) is 9.22. The molecule has 0 spiro atoms. The average molecular weight is 204 g/mol. The van der Waals surface area contributed by atoms with Crippen LogP contribution in [0, 0.1) is 0 Å². The highest BCUT2D eigenvalue weighted by molar-refractivity contribution is 5.41. The SMILES string of the molecule is CCC1=CC=C(C2=CC=C(F)CC2)CC1. The second kappa shape index (κ2) is 4.61. The molecule has 0 aromatic carbocycles. The van der Waals surface area contributed by atoms with Crippen LogP contribution in [-0.2, 0) is 0 Å². The first-order valence-corrected chi connectivity index (χ1v) is 5.74. The van der Waals surface area contributed by atoms with E-state index in [9.17, 15) is 4.39 Å². The van der Waals surface area contributed by atoms with E-state index in [4.69, 9.17) is 0 Å². The first-order valence-electron chi connectivity index (χ1n) is 5.74. The zero-order chi connectivity index (χ0) is 10.7. The molecule has 2 aliphatic rings. The average Bonchev–Trinajstić information content (AvgIpc) is 2.30. The molecule has 0 fully saturated rings. The van der Waals surface area contributed by atoms with Gasteiger partial charge < -0.3 is 0 Å². The van der Waals surface area contributed by atoms with Crippen LogP contribution in [0.4, 0.5) is 4.39 Å². The Hall–Kier alpha value is -1.11. The lowest BCUT2D eigenvalue weighted by molar-refractivity contribution is 0.582. The molecule has 0 aromatic rings. The Balaban J connectivity index is 2.13. The van der Waals surface area contributed by atoms with Gasteiger partial charge in [-0.3, -0.25) is 0 Å². The molecule has 0 atom stereocenters. The van der Waals surface area contributed by atoms with E-state index in [1.165, 1.54) is 23.1 Å². The van der Waals surface area contributed by atoms with Gasteiger partial charge in [-0.05, 0) is 42.9 Å². The molecule has 0 bridgehead atoms. The van der Waals surface area contributed by atoms with Crippen molar-refractivity contribution < 1.29 is 4.39 Å². The van der Waals surface area contributed by atoms with Crippen molar-refractivity contribution in [2.45, 2.75) is 39.0 Å². The third-order valence-corrected chi connectivity index (χ3v) is 3.20. The molecular formula is C14H17F. The van der Waals surface area contributed by atoms with Gasteiger partial charge in [0.05, 0.1) is 0 Å². The predicted octanol–water partition coefficient (Wildman–Crippen LogP) is 4.62. The summed E-state index contributed by atoms with van der Waals surface area (Å²) in [5.41, 5.74) is 4.25. The lowest BCUT2D eigenvalue weighted by Gasteiger charge is -2.18. The van der Waals surface area contributed by atoms with Crippen molar-refractivity contribution >= 4 is 0 Å². The minimum Gasteiger partial charge on any atom is -0.212 e. The molecule has 0 nitrogen and oxygen atoms in total. The third-order valence-electron chi connectivity index (χ3n) is 3.20. The normalized spacial score (nSPS) is 21.5. The maximum Gasteiger partial charge on any atom is 0.100 e. The molecule has 0 amide bonds. The van der Waals surface area contributed by atoms with Gasteiger partial charge in [0.2, 0.25) is 0 Å². The second-order valence-corrected chi connectivity index (χ2v) is 4.18. The van der Waals surface area contributed by atoms with Crippen molar-refractivity contribution in [3.05, 3.63) is 46.9 Å². The topological polar surface area (TPSA) is 0 Å². The molecule has 0 saturated heterocycles. The molecule has 0 aromatic heterocycles. The highest BCUT2D eigenvalue weighted by Crippen LogP contribution is 2.31. The lowest BCUT2D eigenvalue weighted by Crippen LogP contribution is -1.99. The summed E-state index contributed by atoms with van der Waals surface area (Å²) in [5, 5.41) is 0. The largest absolute Gasteiger partial charge is 0.212 e. The van der Waals surface area contributed by atoms with Crippen molar-refractivity contribution in [3.63, 3.8) is 0 Å². The lowest BCUT2D eigenvalue weighted by atomic mass is 9.88. The van der Waals surface area contributed by atoms with Gasteiger partial charge in [0, 0.05) is 6.42 Å². The number of halogens is 1. The van der Waals surface area contributed by atoms with E-state index in [1.807, 2.05) is 6.08 Å². The van der Waals surface area contributed by atoms with Gasteiger partial charge in [-0.1, -0.05) is 30.7 Å². The predicted molar refractivity (Wildman–Crippen MR) is 62.2 cm³/mol. The van der Waals surface area contributed by atoms with Crippen LogP contribution in [0.15, 0.2) is 46.9 Å². The number of rotatable bonds is 2. The van der Waals surface area contributed by atoms with Crippen molar-refractivity contribution in [1.82, 2.24) is 0 Å². The molecule has 0 N–H and O–H groups in total. The molecule has 0 radical (unpaired) electrons. The van der Waals surface area contributed by atoms with E-state index in [0.717, 1.165) is 19.3 Å². The van der Waals surface area contributed by atoms with Gasteiger partial charge in [-0.25, -0.2) is 4.39 Å². The van der Waals surface area contributed by atoms with Gasteiger partial charge in [-0.15, -0.1) is 0 Å². The Bertz CT molecular complexity index is 367. The van der Waals surface area contributed by atoms with Crippen LogP contribution < -0.4 is 0 Å². The summed E-state index contributed by atoms with van der Waals surface area (Å²) < 4.78 is 12.8. The Morgan fingerprint density at radius 3 is 2.07 bits per heavy atom. The van der Waals surface area contributed by atoms with Crippen LogP contribution in [0.5, 0.6) is 0 Å². The Morgan fingerprint density at radius 1 is 0.933 bits per heavy atom. The highest BCUT2D eigenvalue weighted by atomic mass is 19.1. The first-order chi connectivity index (χ1) is 7.29. The number of hydrogen-bond donors (Lipinski definition) is 0. The van der Waals surface area contributed by atoms with Gasteiger partial charge in [-0.2, -0.15) is 0 Å². The summed E-state index contributed by atoms with van der Waals surface area (Å²) >= 11 is 0. The first kappa shape index (κ1) is 10.4. The molecule has 0 unspecified atom stereocenters. The maximum atomic E-state index is 12.8. The maximum absolute atomic E-state index is 12.8. The van der Waals surface area contributed by atoms with Crippen LogP contribution in [0.1, 0.15) is 39.0 Å². The summed E-state index contributed by atoms with van der Waals surface area (Å²) in [6.45, 7) is 2.20. The van der Waals surface area contributed by atoms with Crippen LogP contribution in [0.25, 0.3) is 0 Å². The van der Waals surface area contributed by atoms with Crippen LogP contribution in [0.2, 0.25) is 0 Å². The minimum atomic E-state index is 0.0138. The van der Waals surface area contributed by atoms with Gasteiger partial charge in [0.1, 0.15) is 5.83 Å². The fraction of sp³-hybridized carbons (Fsp3) is 0.429. The summed E-state index contributed by atoms with van der Waals surface area (Å²) in [4.78, 5) is 0.